The SMILES string of the molecule is CC(C)NCc1ccc(Br)cc1N1CCCC1C(C)C. The van der Waals surface area contributed by atoms with Gasteiger partial charge in [-0.25, -0.2) is 0 Å². The summed E-state index contributed by atoms with van der Waals surface area (Å²) in [7, 11) is 0. The minimum Gasteiger partial charge on any atom is -0.368 e. The molecule has 1 saturated heterocycles. The van der Waals surface area contributed by atoms with E-state index in [9.17, 15) is 0 Å². The van der Waals surface area contributed by atoms with Crippen molar-refractivity contribution < 1.29 is 0 Å². The second kappa shape index (κ2) is 6.95. The van der Waals surface area contributed by atoms with Crippen molar-refractivity contribution >= 4 is 21.6 Å². The Kier molecular flexibility index (Phi) is 5.50. The van der Waals surface area contributed by atoms with E-state index < -0.39 is 0 Å². The van der Waals surface area contributed by atoms with E-state index in [0.29, 0.717) is 18.0 Å². The van der Waals surface area contributed by atoms with Crippen LogP contribution >= 0.6 is 15.9 Å². The molecule has 0 aliphatic carbocycles. The molecule has 1 atom stereocenters. The molecule has 0 spiro atoms. The predicted octanol–water partition coefficient (Wildman–Crippen LogP) is 4.57. The number of halogens is 1. The van der Waals surface area contributed by atoms with Crippen LogP contribution in [0.2, 0.25) is 0 Å². The fraction of sp³-hybridized carbons (Fsp3) is 0.647. The minimum atomic E-state index is 0.519. The summed E-state index contributed by atoms with van der Waals surface area (Å²) in [6.45, 7) is 11.2. The lowest BCUT2D eigenvalue weighted by Gasteiger charge is -2.32. The van der Waals surface area contributed by atoms with Crippen LogP contribution in [0.15, 0.2) is 22.7 Å². The molecule has 0 bridgehead atoms. The van der Waals surface area contributed by atoms with Gasteiger partial charge in [-0.3, -0.25) is 0 Å². The van der Waals surface area contributed by atoms with E-state index in [4.69, 9.17) is 0 Å². The summed E-state index contributed by atoms with van der Waals surface area (Å²) >= 11 is 3.63. The van der Waals surface area contributed by atoms with Crippen LogP contribution in [0.5, 0.6) is 0 Å². The molecule has 1 fully saturated rings. The molecule has 1 aliphatic heterocycles. The average Bonchev–Trinajstić information content (AvgIpc) is 2.86. The third-order valence-corrected chi connectivity index (χ3v) is 4.62. The number of nitrogens with one attached hydrogen (secondary N) is 1. The quantitative estimate of drug-likeness (QED) is 0.845. The second-order valence-electron chi connectivity index (χ2n) is 6.46. The summed E-state index contributed by atoms with van der Waals surface area (Å²) < 4.78 is 1.18. The highest BCUT2D eigenvalue weighted by Crippen LogP contribution is 2.34. The number of anilines is 1. The van der Waals surface area contributed by atoms with Crippen molar-refractivity contribution in [2.45, 2.75) is 59.2 Å². The summed E-state index contributed by atoms with van der Waals surface area (Å²) in [5.41, 5.74) is 2.82. The van der Waals surface area contributed by atoms with Crippen molar-refractivity contribution in [1.29, 1.82) is 0 Å². The average molecular weight is 339 g/mol. The van der Waals surface area contributed by atoms with Crippen LogP contribution in [0.1, 0.15) is 46.1 Å². The van der Waals surface area contributed by atoms with Crippen molar-refractivity contribution in [2.24, 2.45) is 5.92 Å². The second-order valence-corrected chi connectivity index (χ2v) is 7.37. The molecule has 0 radical (unpaired) electrons. The number of benzene rings is 1. The van der Waals surface area contributed by atoms with E-state index >= 15 is 0 Å². The molecule has 1 aromatic rings. The highest BCUT2D eigenvalue weighted by molar-refractivity contribution is 9.10. The van der Waals surface area contributed by atoms with Crippen molar-refractivity contribution in [2.75, 3.05) is 11.4 Å². The lowest BCUT2D eigenvalue weighted by atomic mass is 10.0. The van der Waals surface area contributed by atoms with Crippen LogP contribution in [0.4, 0.5) is 5.69 Å². The van der Waals surface area contributed by atoms with Crippen LogP contribution < -0.4 is 10.2 Å². The van der Waals surface area contributed by atoms with Gasteiger partial charge in [-0.1, -0.05) is 49.7 Å². The molecule has 0 saturated carbocycles. The molecule has 2 rings (SSSR count). The van der Waals surface area contributed by atoms with Gasteiger partial charge in [0.2, 0.25) is 0 Å². The lowest BCUT2D eigenvalue weighted by molar-refractivity contribution is 0.490. The highest BCUT2D eigenvalue weighted by atomic mass is 79.9. The van der Waals surface area contributed by atoms with Gasteiger partial charge >= 0.3 is 0 Å². The zero-order valence-corrected chi connectivity index (χ0v) is 14.7. The molecule has 1 unspecified atom stereocenters. The molecule has 1 N–H and O–H groups in total. The third kappa shape index (κ3) is 3.76. The smallest absolute Gasteiger partial charge is 0.0425 e. The fourth-order valence-corrected chi connectivity index (χ4v) is 3.40. The Balaban J connectivity index is 2.26. The normalized spacial score (nSPS) is 19.4. The van der Waals surface area contributed by atoms with E-state index in [2.05, 4.69) is 72.0 Å². The molecule has 2 nitrogen and oxygen atoms in total. The molecule has 0 aromatic heterocycles. The molecular formula is C17H27BrN2. The highest BCUT2D eigenvalue weighted by Gasteiger charge is 2.28. The van der Waals surface area contributed by atoms with Gasteiger partial charge in [0.25, 0.3) is 0 Å². The lowest BCUT2D eigenvalue weighted by Crippen LogP contribution is -2.34. The zero-order chi connectivity index (χ0) is 14.7. The van der Waals surface area contributed by atoms with E-state index in [0.717, 1.165) is 6.54 Å². The first-order chi connectivity index (χ1) is 9.49. The summed E-state index contributed by atoms with van der Waals surface area (Å²) in [5, 5.41) is 3.55. The van der Waals surface area contributed by atoms with Crippen LogP contribution in [0, 0.1) is 5.92 Å². The van der Waals surface area contributed by atoms with Crippen molar-refractivity contribution in [3.8, 4) is 0 Å². The van der Waals surface area contributed by atoms with Crippen LogP contribution in [0.3, 0.4) is 0 Å². The monoisotopic (exact) mass is 338 g/mol. The summed E-state index contributed by atoms with van der Waals surface area (Å²) in [5.74, 6) is 0.711. The number of hydrogen-bond acceptors (Lipinski definition) is 2. The third-order valence-electron chi connectivity index (χ3n) is 4.13. The summed E-state index contributed by atoms with van der Waals surface area (Å²) in [4.78, 5) is 2.62. The van der Waals surface area contributed by atoms with Crippen molar-refractivity contribution in [3.05, 3.63) is 28.2 Å². The van der Waals surface area contributed by atoms with E-state index in [1.807, 2.05) is 0 Å². The molecular weight excluding hydrogens is 312 g/mol. The van der Waals surface area contributed by atoms with Crippen molar-refractivity contribution in [3.63, 3.8) is 0 Å². The summed E-state index contributed by atoms with van der Waals surface area (Å²) in [6.07, 6.45) is 2.63. The largest absolute Gasteiger partial charge is 0.368 e. The predicted molar refractivity (Wildman–Crippen MR) is 91.3 cm³/mol. The zero-order valence-electron chi connectivity index (χ0n) is 13.1. The Morgan fingerprint density at radius 2 is 2.05 bits per heavy atom. The Morgan fingerprint density at radius 1 is 1.30 bits per heavy atom. The van der Waals surface area contributed by atoms with Crippen LogP contribution in [0.25, 0.3) is 0 Å². The first-order valence-corrected chi connectivity index (χ1v) is 8.56. The van der Waals surface area contributed by atoms with Gasteiger partial charge in [-0.15, -0.1) is 0 Å². The van der Waals surface area contributed by atoms with Crippen LogP contribution in [-0.4, -0.2) is 18.6 Å². The van der Waals surface area contributed by atoms with Gasteiger partial charge in [0.15, 0.2) is 0 Å². The van der Waals surface area contributed by atoms with E-state index in [1.165, 1.54) is 35.1 Å². The van der Waals surface area contributed by atoms with E-state index in [1.54, 1.807) is 0 Å². The molecule has 20 heavy (non-hydrogen) atoms. The molecule has 112 valence electrons. The molecule has 1 aliphatic rings. The van der Waals surface area contributed by atoms with Gasteiger partial charge in [0, 0.05) is 35.3 Å². The Bertz CT molecular complexity index is 443. The Hall–Kier alpha value is -0.540. The van der Waals surface area contributed by atoms with Gasteiger partial charge < -0.3 is 10.2 Å². The minimum absolute atomic E-state index is 0.519. The van der Waals surface area contributed by atoms with Gasteiger partial charge in [0.1, 0.15) is 0 Å². The molecule has 1 heterocycles. The molecule has 0 amide bonds. The number of rotatable bonds is 5. The fourth-order valence-electron chi connectivity index (χ4n) is 3.05. The number of hydrogen-bond donors (Lipinski definition) is 1. The standard InChI is InChI=1S/C17H27BrN2/c1-12(2)16-6-5-9-20(16)17-10-15(18)8-7-14(17)11-19-13(3)4/h7-8,10,12-13,16,19H,5-6,9,11H2,1-4H3. The maximum Gasteiger partial charge on any atom is 0.0425 e. The number of nitrogens with zero attached hydrogens (tertiary/aromatic N) is 1. The maximum atomic E-state index is 3.63. The van der Waals surface area contributed by atoms with Crippen LogP contribution in [-0.2, 0) is 6.54 Å². The molecule has 1 aromatic carbocycles. The summed E-state index contributed by atoms with van der Waals surface area (Å²) in [6, 6.07) is 7.90. The van der Waals surface area contributed by atoms with Gasteiger partial charge in [-0.2, -0.15) is 0 Å². The molecule has 3 heteroatoms. The first kappa shape index (κ1) is 15.8. The van der Waals surface area contributed by atoms with E-state index in [-0.39, 0.29) is 0 Å². The topological polar surface area (TPSA) is 15.3 Å². The Labute approximate surface area is 132 Å². The first-order valence-electron chi connectivity index (χ1n) is 7.77. The Morgan fingerprint density at radius 3 is 2.70 bits per heavy atom. The van der Waals surface area contributed by atoms with Gasteiger partial charge in [-0.05, 0) is 36.5 Å². The van der Waals surface area contributed by atoms with Gasteiger partial charge in [0.05, 0.1) is 0 Å². The van der Waals surface area contributed by atoms with Crippen molar-refractivity contribution in [1.82, 2.24) is 5.32 Å². The maximum absolute atomic E-state index is 3.63.